The summed E-state index contributed by atoms with van der Waals surface area (Å²) in [5.41, 5.74) is 4.06. The molecule has 19 heavy (non-hydrogen) atoms. The Labute approximate surface area is 126 Å². The Balaban J connectivity index is 2.28. The fourth-order valence-corrected chi connectivity index (χ4v) is 2.88. The highest BCUT2D eigenvalue weighted by atomic mass is 79.9. The molecule has 0 saturated heterocycles. The van der Waals surface area contributed by atoms with Gasteiger partial charge < -0.3 is 0 Å². The van der Waals surface area contributed by atoms with Crippen LogP contribution in [0.4, 0.5) is 0 Å². The van der Waals surface area contributed by atoms with Crippen LogP contribution in [0.3, 0.4) is 0 Å². The number of hydrogen-bond acceptors (Lipinski definition) is 1. The van der Waals surface area contributed by atoms with E-state index in [1.807, 2.05) is 13.8 Å². The highest BCUT2D eigenvalue weighted by Gasteiger charge is 2.12. The summed E-state index contributed by atoms with van der Waals surface area (Å²) in [4.78, 5) is 12.3. The summed E-state index contributed by atoms with van der Waals surface area (Å²) in [5.74, 6) is 0.0947. The van der Waals surface area contributed by atoms with Gasteiger partial charge in [0.15, 0.2) is 5.78 Å². The average molecular weight is 338 g/mol. The predicted octanol–water partition coefficient (Wildman–Crippen LogP) is 5.14. The Morgan fingerprint density at radius 1 is 1.16 bits per heavy atom. The van der Waals surface area contributed by atoms with Gasteiger partial charge in [-0.1, -0.05) is 35.4 Å². The number of benzene rings is 2. The van der Waals surface area contributed by atoms with Crippen molar-refractivity contribution in [2.24, 2.45) is 0 Å². The molecule has 2 rings (SSSR count). The summed E-state index contributed by atoms with van der Waals surface area (Å²) >= 11 is 9.28. The smallest absolute Gasteiger partial charge is 0.168 e. The molecule has 0 unspecified atom stereocenters. The average Bonchev–Trinajstić information content (AvgIpc) is 2.33. The zero-order valence-electron chi connectivity index (χ0n) is 10.8. The van der Waals surface area contributed by atoms with Crippen LogP contribution in [-0.4, -0.2) is 5.78 Å². The molecular weight excluding hydrogens is 324 g/mol. The van der Waals surface area contributed by atoms with E-state index in [1.165, 1.54) is 5.56 Å². The third-order valence-corrected chi connectivity index (χ3v) is 3.98. The molecule has 0 fully saturated rings. The molecule has 0 N–H and O–H groups in total. The number of ketones is 1. The SMILES string of the molecule is Cc1ccc(C)c(CC(=O)c2ccc(Cl)cc2Br)c1. The van der Waals surface area contributed by atoms with E-state index in [4.69, 9.17) is 11.6 Å². The number of aryl methyl sites for hydroxylation is 2. The Kier molecular flexibility index (Phi) is 4.43. The standard InChI is InChI=1S/C16H14BrClO/c1-10-3-4-11(2)12(7-10)8-16(19)14-6-5-13(18)9-15(14)17/h3-7,9H,8H2,1-2H3. The van der Waals surface area contributed by atoms with E-state index < -0.39 is 0 Å². The molecule has 2 aromatic rings. The van der Waals surface area contributed by atoms with Crippen molar-refractivity contribution in [1.82, 2.24) is 0 Å². The van der Waals surface area contributed by atoms with Gasteiger partial charge in [-0.3, -0.25) is 4.79 Å². The lowest BCUT2D eigenvalue weighted by Gasteiger charge is -2.08. The number of halogens is 2. The first-order valence-corrected chi connectivity index (χ1v) is 7.19. The first-order chi connectivity index (χ1) is 8.97. The first-order valence-electron chi connectivity index (χ1n) is 6.02. The van der Waals surface area contributed by atoms with E-state index in [0.29, 0.717) is 17.0 Å². The summed E-state index contributed by atoms with van der Waals surface area (Å²) in [6.45, 7) is 4.06. The van der Waals surface area contributed by atoms with E-state index in [2.05, 4.69) is 34.1 Å². The van der Waals surface area contributed by atoms with Gasteiger partial charge >= 0.3 is 0 Å². The van der Waals surface area contributed by atoms with E-state index >= 15 is 0 Å². The third-order valence-electron chi connectivity index (χ3n) is 3.09. The van der Waals surface area contributed by atoms with Gasteiger partial charge in [-0.05, 0) is 59.1 Å². The van der Waals surface area contributed by atoms with Crippen molar-refractivity contribution in [2.45, 2.75) is 20.3 Å². The summed E-state index contributed by atoms with van der Waals surface area (Å²) in [6.07, 6.45) is 0.410. The van der Waals surface area contributed by atoms with Gasteiger partial charge in [-0.15, -0.1) is 0 Å². The van der Waals surface area contributed by atoms with Crippen molar-refractivity contribution < 1.29 is 4.79 Å². The molecule has 0 saturated carbocycles. The van der Waals surface area contributed by atoms with Gasteiger partial charge in [0.2, 0.25) is 0 Å². The van der Waals surface area contributed by atoms with Crippen LogP contribution in [0.2, 0.25) is 5.02 Å². The first kappa shape index (κ1) is 14.3. The fourth-order valence-electron chi connectivity index (χ4n) is 1.97. The minimum atomic E-state index is 0.0947. The monoisotopic (exact) mass is 336 g/mol. The number of rotatable bonds is 3. The minimum absolute atomic E-state index is 0.0947. The molecule has 0 heterocycles. The van der Waals surface area contributed by atoms with Crippen LogP contribution in [0.5, 0.6) is 0 Å². The lowest BCUT2D eigenvalue weighted by Crippen LogP contribution is -2.06. The molecule has 0 aliphatic carbocycles. The summed E-state index contributed by atoms with van der Waals surface area (Å²) in [7, 11) is 0. The maximum Gasteiger partial charge on any atom is 0.168 e. The van der Waals surface area contributed by atoms with Crippen molar-refractivity contribution in [2.75, 3.05) is 0 Å². The van der Waals surface area contributed by atoms with E-state index in [1.54, 1.807) is 18.2 Å². The van der Waals surface area contributed by atoms with Gasteiger partial charge in [0, 0.05) is 21.5 Å². The van der Waals surface area contributed by atoms with Crippen molar-refractivity contribution in [3.63, 3.8) is 0 Å². The highest BCUT2D eigenvalue weighted by Crippen LogP contribution is 2.23. The maximum atomic E-state index is 12.3. The number of hydrogen-bond donors (Lipinski definition) is 0. The van der Waals surface area contributed by atoms with Crippen LogP contribution >= 0.6 is 27.5 Å². The lowest BCUT2D eigenvalue weighted by molar-refractivity contribution is 0.0992. The molecule has 0 aliphatic heterocycles. The molecule has 2 aromatic carbocycles. The zero-order valence-corrected chi connectivity index (χ0v) is 13.2. The summed E-state index contributed by atoms with van der Waals surface area (Å²) < 4.78 is 0.746. The van der Waals surface area contributed by atoms with Gasteiger partial charge in [-0.2, -0.15) is 0 Å². The third kappa shape index (κ3) is 3.46. The predicted molar refractivity (Wildman–Crippen MR) is 83.1 cm³/mol. The van der Waals surface area contributed by atoms with Crippen molar-refractivity contribution in [3.8, 4) is 0 Å². The Morgan fingerprint density at radius 3 is 2.58 bits per heavy atom. The summed E-state index contributed by atoms with van der Waals surface area (Å²) in [6, 6.07) is 11.4. The van der Waals surface area contributed by atoms with Gasteiger partial charge in [-0.25, -0.2) is 0 Å². The van der Waals surface area contributed by atoms with Crippen LogP contribution in [0.25, 0.3) is 0 Å². The van der Waals surface area contributed by atoms with Crippen LogP contribution in [0, 0.1) is 13.8 Å². The Morgan fingerprint density at radius 2 is 1.89 bits per heavy atom. The minimum Gasteiger partial charge on any atom is -0.294 e. The summed E-state index contributed by atoms with van der Waals surface area (Å²) in [5, 5.41) is 0.621. The fraction of sp³-hybridized carbons (Fsp3) is 0.188. The largest absolute Gasteiger partial charge is 0.294 e. The molecule has 0 radical (unpaired) electrons. The van der Waals surface area contributed by atoms with E-state index in [0.717, 1.165) is 15.6 Å². The van der Waals surface area contributed by atoms with E-state index in [-0.39, 0.29) is 5.78 Å². The Hall–Kier alpha value is -1.12. The molecular formula is C16H14BrClO. The second-order valence-corrected chi connectivity index (χ2v) is 5.94. The molecule has 0 bridgehead atoms. The van der Waals surface area contributed by atoms with Crippen LogP contribution in [0.15, 0.2) is 40.9 Å². The molecule has 1 nitrogen and oxygen atoms in total. The van der Waals surface area contributed by atoms with Crippen LogP contribution in [-0.2, 0) is 6.42 Å². The van der Waals surface area contributed by atoms with Crippen molar-refractivity contribution in [3.05, 3.63) is 68.1 Å². The second-order valence-electron chi connectivity index (χ2n) is 4.65. The van der Waals surface area contributed by atoms with Crippen LogP contribution in [0.1, 0.15) is 27.0 Å². The normalized spacial score (nSPS) is 10.5. The number of Topliss-reactive ketones (excluding diaryl/α,β-unsaturated/α-hetero) is 1. The molecule has 0 aromatic heterocycles. The Bertz CT molecular complexity index is 635. The molecule has 98 valence electrons. The van der Waals surface area contributed by atoms with Gasteiger partial charge in [0.1, 0.15) is 0 Å². The van der Waals surface area contributed by atoms with E-state index in [9.17, 15) is 4.79 Å². The molecule has 3 heteroatoms. The number of carbonyl (C=O) groups is 1. The van der Waals surface area contributed by atoms with Gasteiger partial charge in [0.25, 0.3) is 0 Å². The number of carbonyl (C=O) groups excluding carboxylic acids is 1. The quantitative estimate of drug-likeness (QED) is 0.708. The molecule has 0 spiro atoms. The maximum absolute atomic E-state index is 12.3. The van der Waals surface area contributed by atoms with Gasteiger partial charge in [0.05, 0.1) is 0 Å². The zero-order chi connectivity index (χ0) is 14.0. The lowest BCUT2D eigenvalue weighted by atomic mass is 9.98. The topological polar surface area (TPSA) is 17.1 Å². The van der Waals surface area contributed by atoms with Crippen molar-refractivity contribution >= 4 is 33.3 Å². The van der Waals surface area contributed by atoms with Crippen LogP contribution < -0.4 is 0 Å². The second kappa shape index (κ2) is 5.89. The molecule has 0 aliphatic rings. The highest BCUT2D eigenvalue weighted by molar-refractivity contribution is 9.10. The molecule has 0 atom stereocenters. The van der Waals surface area contributed by atoms with Crippen molar-refractivity contribution in [1.29, 1.82) is 0 Å². The molecule has 0 amide bonds.